The van der Waals surface area contributed by atoms with Gasteiger partial charge in [0.25, 0.3) is 11.8 Å². The van der Waals surface area contributed by atoms with E-state index >= 15 is 0 Å². The lowest BCUT2D eigenvalue weighted by molar-refractivity contribution is 0.0930. The quantitative estimate of drug-likeness (QED) is 0.489. The van der Waals surface area contributed by atoms with Crippen LogP contribution in [0.1, 0.15) is 26.5 Å². The van der Waals surface area contributed by atoms with Gasteiger partial charge in [-0.1, -0.05) is 12.1 Å². The van der Waals surface area contributed by atoms with E-state index in [2.05, 4.69) is 20.7 Å². The number of hydrogen-bond donors (Lipinski definition) is 4. The molecule has 5 rings (SSSR count). The van der Waals surface area contributed by atoms with Gasteiger partial charge in [0.15, 0.2) is 5.69 Å². The number of H-pyrrole nitrogens is 1. The maximum absolute atomic E-state index is 13.1. The number of fused-ring (bicyclic) bond motifs is 2. The highest BCUT2D eigenvalue weighted by atomic mass is 16.4. The number of carbonyl (C=O) groups excluding carboxylic acids is 2. The molecule has 2 fully saturated rings. The van der Waals surface area contributed by atoms with E-state index in [1.54, 1.807) is 4.68 Å². The van der Waals surface area contributed by atoms with Crippen molar-refractivity contribution >= 4 is 28.8 Å². The van der Waals surface area contributed by atoms with Crippen LogP contribution in [-0.4, -0.2) is 68.9 Å². The molecule has 3 heterocycles. The maximum atomic E-state index is 13.1. The van der Waals surface area contributed by atoms with Crippen LogP contribution >= 0.6 is 0 Å². The van der Waals surface area contributed by atoms with Gasteiger partial charge in [-0.25, -0.2) is 4.79 Å². The van der Waals surface area contributed by atoms with E-state index in [0.717, 1.165) is 16.5 Å². The number of nitrogens with zero attached hydrogens (tertiary/aromatic N) is 3. The summed E-state index contributed by atoms with van der Waals surface area (Å²) in [6, 6.07) is 9.27. The van der Waals surface area contributed by atoms with Gasteiger partial charge in [-0.3, -0.25) is 14.3 Å². The van der Waals surface area contributed by atoms with Crippen LogP contribution in [0.15, 0.2) is 36.5 Å². The Morgan fingerprint density at radius 2 is 1.97 bits per heavy atom. The molecule has 0 radical (unpaired) electrons. The molecule has 0 spiro atoms. The zero-order valence-electron chi connectivity index (χ0n) is 16.8. The number of amides is 3. The van der Waals surface area contributed by atoms with Crippen molar-refractivity contribution < 1.29 is 19.5 Å². The fraction of sp³-hybridized carbons (Fsp3) is 0.333. The Hall–Kier alpha value is -3.82. The fourth-order valence-corrected chi connectivity index (χ4v) is 4.53. The second-order valence-corrected chi connectivity index (χ2v) is 8.02. The number of carbonyl (C=O) groups is 3. The summed E-state index contributed by atoms with van der Waals surface area (Å²) in [5, 5.41) is 20.0. The minimum atomic E-state index is -0.926. The standard InChI is InChI=1S/C21H22N6O4/c1-22-19(28)16-7-17(20(29)24-18-13-9-26(21(30)31)10-14(13)18)27(25-16)8-11-3-2-4-15-12(11)5-6-23-15/h2-7,13-14,18,23H,8-10H2,1H3,(H,22,28)(H,24,29)(H,30,31)/t13-,14+,18-. The van der Waals surface area contributed by atoms with E-state index in [0.29, 0.717) is 25.3 Å². The molecule has 10 heteroatoms. The van der Waals surface area contributed by atoms with E-state index in [9.17, 15) is 14.4 Å². The third kappa shape index (κ3) is 3.29. The van der Waals surface area contributed by atoms with Crippen molar-refractivity contribution in [3.05, 3.63) is 53.5 Å². The van der Waals surface area contributed by atoms with Crippen molar-refractivity contribution in [3.63, 3.8) is 0 Å². The average Bonchev–Trinajstić information content (AvgIpc) is 3.25. The summed E-state index contributed by atoms with van der Waals surface area (Å²) < 4.78 is 1.55. The minimum Gasteiger partial charge on any atom is -0.465 e. The van der Waals surface area contributed by atoms with Crippen LogP contribution in [-0.2, 0) is 6.54 Å². The second-order valence-electron chi connectivity index (χ2n) is 8.02. The zero-order valence-corrected chi connectivity index (χ0v) is 16.8. The lowest BCUT2D eigenvalue weighted by Gasteiger charge is -2.16. The van der Waals surface area contributed by atoms with Crippen molar-refractivity contribution in [1.82, 2.24) is 30.3 Å². The van der Waals surface area contributed by atoms with E-state index in [1.807, 2.05) is 30.5 Å². The molecule has 3 aromatic rings. The first kappa shape index (κ1) is 19.2. The summed E-state index contributed by atoms with van der Waals surface area (Å²) in [5.41, 5.74) is 2.42. The van der Waals surface area contributed by atoms with Gasteiger partial charge in [-0.2, -0.15) is 5.10 Å². The Morgan fingerprint density at radius 1 is 1.19 bits per heavy atom. The highest BCUT2D eigenvalue weighted by Gasteiger charge is 2.57. The number of piperidine rings is 1. The Labute approximate surface area is 177 Å². The molecule has 1 aliphatic heterocycles. The molecule has 0 unspecified atom stereocenters. The molecule has 3 atom stereocenters. The van der Waals surface area contributed by atoms with Gasteiger partial charge >= 0.3 is 6.09 Å². The van der Waals surface area contributed by atoms with Crippen molar-refractivity contribution in [2.24, 2.45) is 11.8 Å². The lowest BCUT2D eigenvalue weighted by Crippen LogP contribution is -2.37. The van der Waals surface area contributed by atoms with E-state index in [-0.39, 0.29) is 35.4 Å². The maximum Gasteiger partial charge on any atom is 0.407 e. The number of nitrogens with one attached hydrogen (secondary N) is 3. The predicted octanol–water partition coefficient (Wildman–Crippen LogP) is 1.11. The topological polar surface area (TPSA) is 132 Å². The minimum absolute atomic E-state index is 0.0528. The molecule has 1 saturated carbocycles. The first-order chi connectivity index (χ1) is 15.0. The molecule has 10 nitrogen and oxygen atoms in total. The van der Waals surface area contributed by atoms with E-state index in [1.165, 1.54) is 18.0 Å². The first-order valence-electron chi connectivity index (χ1n) is 10.1. The molecule has 2 aromatic heterocycles. The summed E-state index contributed by atoms with van der Waals surface area (Å²) in [6.07, 6.45) is 0.928. The molecule has 2 aliphatic rings. The lowest BCUT2D eigenvalue weighted by atomic mass is 10.1. The summed E-state index contributed by atoms with van der Waals surface area (Å²) in [6.45, 7) is 1.20. The molecule has 1 aliphatic carbocycles. The van der Waals surface area contributed by atoms with Gasteiger partial charge < -0.3 is 25.6 Å². The Kier molecular flexibility index (Phi) is 4.42. The number of likely N-dealkylation sites (tertiary alicyclic amines) is 1. The first-order valence-corrected chi connectivity index (χ1v) is 10.1. The van der Waals surface area contributed by atoms with Crippen LogP contribution in [0.3, 0.4) is 0 Å². The number of benzene rings is 1. The summed E-state index contributed by atoms with van der Waals surface area (Å²) in [7, 11) is 1.52. The van der Waals surface area contributed by atoms with Crippen LogP contribution in [0.5, 0.6) is 0 Å². The molecule has 1 aromatic carbocycles. The molecule has 160 valence electrons. The van der Waals surface area contributed by atoms with Crippen LogP contribution in [0.4, 0.5) is 4.79 Å². The normalized spacial score (nSPS) is 21.7. The highest BCUT2D eigenvalue weighted by Crippen LogP contribution is 2.45. The second kappa shape index (κ2) is 7.15. The number of carboxylic acid groups (broad SMARTS) is 1. The van der Waals surface area contributed by atoms with Gasteiger partial charge in [-0.15, -0.1) is 0 Å². The molecule has 4 N–H and O–H groups in total. The molecule has 1 saturated heterocycles. The largest absolute Gasteiger partial charge is 0.465 e. The van der Waals surface area contributed by atoms with Crippen molar-refractivity contribution in [2.45, 2.75) is 12.6 Å². The Bertz CT molecular complexity index is 1190. The molecule has 31 heavy (non-hydrogen) atoms. The van der Waals surface area contributed by atoms with Crippen molar-refractivity contribution in [2.75, 3.05) is 20.1 Å². The summed E-state index contributed by atoms with van der Waals surface area (Å²) >= 11 is 0. The third-order valence-corrected chi connectivity index (χ3v) is 6.24. The van der Waals surface area contributed by atoms with E-state index < -0.39 is 6.09 Å². The predicted molar refractivity (Wildman–Crippen MR) is 111 cm³/mol. The number of rotatable bonds is 5. The SMILES string of the molecule is CNC(=O)c1cc(C(=O)N[C@@H]2[C@@H]3CN(C(=O)O)C[C@@H]32)n(Cc2cccc3[nH]ccc23)n1. The smallest absolute Gasteiger partial charge is 0.407 e. The van der Waals surface area contributed by atoms with Crippen LogP contribution < -0.4 is 10.6 Å². The fourth-order valence-electron chi connectivity index (χ4n) is 4.53. The molecular formula is C21H22N6O4. The number of aromatic nitrogens is 3. The summed E-state index contributed by atoms with van der Waals surface area (Å²) in [4.78, 5) is 40.8. The van der Waals surface area contributed by atoms with Crippen LogP contribution in [0.2, 0.25) is 0 Å². The zero-order chi connectivity index (χ0) is 21.7. The highest BCUT2D eigenvalue weighted by molar-refractivity contribution is 5.98. The van der Waals surface area contributed by atoms with Crippen LogP contribution in [0, 0.1) is 11.8 Å². The Morgan fingerprint density at radius 3 is 2.68 bits per heavy atom. The average molecular weight is 422 g/mol. The third-order valence-electron chi connectivity index (χ3n) is 6.24. The van der Waals surface area contributed by atoms with Gasteiger partial charge in [-0.05, 0) is 17.7 Å². The van der Waals surface area contributed by atoms with Gasteiger partial charge in [0, 0.05) is 61.2 Å². The van der Waals surface area contributed by atoms with E-state index in [4.69, 9.17) is 5.11 Å². The van der Waals surface area contributed by atoms with Gasteiger partial charge in [0.2, 0.25) is 0 Å². The Balaban J connectivity index is 1.38. The summed E-state index contributed by atoms with van der Waals surface area (Å²) in [5.74, 6) is -0.398. The molecule has 0 bridgehead atoms. The van der Waals surface area contributed by atoms with Gasteiger partial charge in [0.1, 0.15) is 5.69 Å². The van der Waals surface area contributed by atoms with Crippen molar-refractivity contribution in [3.8, 4) is 0 Å². The number of hydrogen-bond acceptors (Lipinski definition) is 4. The number of aromatic amines is 1. The monoisotopic (exact) mass is 422 g/mol. The molecule has 3 amide bonds. The van der Waals surface area contributed by atoms with Gasteiger partial charge in [0.05, 0.1) is 6.54 Å². The van der Waals surface area contributed by atoms with Crippen molar-refractivity contribution in [1.29, 1.82) is 0 Å². The van der Waals surface area contributed by atoms with Crippen LogP contribution in [0.25, 0.3) is 10.9 Å². The molecular weight excluding hydrogens is 400 g/mol.